The highest BCUT2D eigenvalue weighted by Gasteiger charge is 2.42. The zero-order valence-corrected chi connectivity index (χ0v) is 26.1. The summed E-state index contributed by atoms with van der Waals surface area (Å²) in [5, 5.41) is 0. The zero-order chi connectivity index (χ0) is 31.5. The smallest absolute Gasteiger partial charge is 0.261 e. The quantitative estimate of drug-likeness (QED) is 0.370. The molecule has 1 atom stereocenters. The average molecular weight is 605 g/mol. The number of benzene rings is 2. The number of amides is 2. The number of rotatable bonds is 10. The molecule has 2 aliphatic heterocycles. The van der Waals surface area contributed by atoms with E-state index in [4.69, 9.17) is 29.7 Å². The first-order valence-electron chi connectivity index (χ1n) is 14.5. The number of nitrogens with zero attached hydrogens (tertiary/aromatic N) is 5. The highest BCUT2D eigenvalue weighted by molar-refractivity contribution is 5.98. The van der Waals surface area contributed by atoms with Crippen molar-refractivity contribution in [2.24, 2.45) is 5.73 Å². The maximum Gasteiger partial charge on any atom is 0.261 e. The number of nitrogens with two attached hydrogens (primary N) is 1. The van der Waals surface area contributed by atoms with Crippen molar-refractivity contribution in [3.8, 4) is 23.0 Å². The van der Waals surface area contributed by atoms with Gasteiger partial charge in [0.25, 0.3) is 11.8 Å². The lowest BCUT2D eigenvalue weighted by atomic mass is 10.1. The van der Waals surface area contributed by atoms with E-state index in [-0.39, 0.29) is 5.91 Å². The van der Waals surface area contributed by atoms with Crippen LogP contribution >= 0.6 is 0 Å². The predicted octanol–water partition coefficient (Wildman–Crippen LogP) is 2.96. The molecular weight excluding hydrogens is 564 g/mol. The van der Waals surface area contributed by atoms with Crippen molar-refractivity contribution >= 4 is 29.0 Å². The van der Waals surface area contributed by atoms with Gasteiger partial charge in [0.1, 0.15) is 5.82 Å². The van der Waals surface area contributed by atoms with Crippen molar-refractivity contribution in [3.63, 3.8) is 0 Å². The number of anilines is 3. The number of hydrogen-bond acceptors (Lipinski definition) is 10. The molecule has 2 aromatic carbocycles. The lowest BCUT2D eigenvalue weighted by molar-refractivity contribution is -0.119. The van der Waals surface area contributed by atoms with Gasteiger partial charge in [-0.25, -0.2) is 4.98 Å². The molecule has 12 nitrogen and oxygen atoms in total. The minimum atomic E-state index is -0.802. The molecule has 1 saturated heterocycles. The van der Waals surface area contributed by atoms with Crippen LogP contribution in [0.1, 0.15) is 21.6 Å². The minimum Gasteiger partial charge on any atom is -0.493 e. The molecule has 5 rings (SSSR count). The molecule has 2 amide bonds. The maximum absolute atomic E-state index is 13.2. The molecule has 12 heteroatoms. The lowest BCUT2D eigenvalue weighted by Gasteiger charge is -2.37. The molecule has 1 fully saturated rings. The Morgan fingerprint density at radius 1 is 0.795 bits per heavy atom. The number of carbonyl (C=O) groups excluding carboxylic acids is 2. The predicted molar refractivity (Wildman–Crippen MR) is 168 cm³/mol. The van der Waals surface area contributed by atoms with Gasteiger partial charge in [0, 0.05) is 62.7 Å². The summed E-state index contributed by atoms with van der Waals surface area (Å²) in [6.45, 7) is 7.62. The number of ether oxygens (including phenoxy) is 4. The number of carbonyl (C=O) groups is 2. The van der Waals surface area contributed by atoms with Crippen molar-refractivity contribution in [1.82, 2.24) is 14.8 Å². The molecule has 3 aromatic rings. The number of aromatic nitrogens is 1. The normalized spacial score (nSPS) is 16.5. The summed E-state index contributed by atoms with van der Waals surface area (Å²) < 4.78 is 21.9. The summed E-state index contributed by atoms with van der Waals surface area (Å²) in [4.78, 5) is 39.1. The molecule has 234 valence electrons. The molecule has 2 aliphatic rings. The van der Waals surface area contributed by atoms with E-state index in [1.54, 1.807) is 46.6 Å². The van der Waals surface area contributed by atoms with Gasteiger partial charge in [0.05, 0.1) is 39.8 Å². The van der Waals surface area contributed by atoms with E-state index in [2.05, 4.69) is 4.90 Å². The molecule has 0 spiro atoms. The second kappa shape index (κ2) is 12.9. The Hall–Kier alpha value is -4.71. The molecular formula is C32H40N6O6. The summed E-state index contributed by atoms with van der Waals surface area (Å²) in [5.41, 5.74) is 10.1. The van der Waals surface area contributed by atoms with E-state index in [1.807, 2.05) is 52.8 Å². The number of fused-ring (bicyclic) bond motifs is 1. The van der Waals surface area contributed by atoms with Gasteiger partial charge in [0.15, 0.2) is 29.2 Å². The van der Waals surface area contributed by atoms with Gasteiger partial charge in [-0.3, -0.25) is 19.4 Å². The Morgan fingerprint density at radius 3 is 2.00 bits per heavy atom. The van der Waals surface area contributed by atoms with Crippen LogP contribution < -0.4 is 34.5 Å². The van der Waals surface area contributed by atoms with E-state index >= 15 is 0 Å². The largest absolute Gasteiger partial charge is 0.493 e. The third-order valence-electron chi connectivity index (χ3n) is 8.12. The first-order valence-corrected chi connectivity index (χ1v) is 14.5. The molecule has 0 bridgehead atoms. The Morgan fingerprint density at radius 2 is 1.41 bits per heavy atom. The van der Waals surface area contributed by atoms with Crippen LogP contribution in [0.3, 0.4) is 0 Å². The van der Waals surface area contributed by atoms with Crippen LogP contribution in [0, 0.1) is 13.8 Å². The maximum atomic E-state index is 13.2. The van der Waals surface area contributed by atoms with Crippen LogP contribution in [0.4, 0.5) is 17.2 Å². The average Bonchev–Trinajstić information content (AvgIpc) is 3.35. The fraction of sp³-hybridized carbons (Fsp3) is 0.406. The Labute approximate surface area is 257 Å². The number of hydrogen-bond donors (Lipinski definition) is 1. The summed E-state index contributed by atoms with van der Waals surface area (Å²) in [6, 6.07) is 12.9. The van der Waals surface area contributed by atoms with Crippen LogP contribution in [0.2, 0.25) is 0 Å². The van der Waals surface area contributed by atoms with Gasteiger partial charge in [-0.05, 0) is 49.7 Å². The monoisotopic (exact) mass is 604 g/mol. The van der Waals surface area contributed by atoms with Crippen molar-refractivity contribution in [2.45, 2.75) is 20.0 Å². The first kappa shape index (κ1) is 30.7. The van der Waals surface area contributed by atoms with Gasteiger partial charge in [0.2, 0.25) is 0 Å². The second-order valence-corrected chi connectivity index (χ2v) is 10.9. The number of aryl methyl sites for hydroxylation is 2. The molecule has 0 saturated carbocycles. The Bertz CT molecular complexity index is 1520. The lowest BCUT2D eigenvalue weighted by Crippen LogP contribution is -2.54. The molecule has 0 aliphatic carbocycles. The number of primary amides is 1. The van der Waals surface area contributed by atoms with E-state index in [1.165, 1.54) is 0 Å². The first-order chi connectivity index (χ1) is 21.2. The van der Waals surface area contributed by atoms with Gasteiger partial charge in [-0.15, -0.1) is 0 Å². The molecule has 2 N–H and O–H groups in total. The summed E-state index contributed by atoms with van der Waals surface area (Å²) >= 11 is 0. The van der Waals surface area contributed by atoms with Crippen LogP contribution in [-0.2, 0) is 4.79 Å². The molecule has 3 heterocycles. The fourth-order valence-corrected chi connectivity index (χ4v) is 5.97. The molecule has 1 unspecified atom stereocenters. The van der Waals surface area contributed by atoms with Crippen LogP contribution in [0.15, 0.2) is 42.5 Å². The van der Waals surface area contributed by atoms with E-state index in [9.17, 15) is 9.59 Å². The number of piperazine rings is 1. The van der Waals surface area contributed by atoms with Crippen molar-refractivity contribution in [3.05, 3.63) is 59.3 Å². The standard InChI is InChI=1S/C32H40N6O6/c1-20-15-21(2)34-29(16-20)38-24-19-28(44-6)27(43-5)18-23(24)37(31(38)30(33)39)14-11-35-9-12-36(13-10-35)32(40)22-7-8-25(41-3)26(17-22)42-4/h7-8,15-19,31H,9-14H2,1-6H3,(H2,33,39). The molecule has 44 heavy (non-hydrogen) atoms. The molecule has 0 radical (unpaired) electrons. The summed E-state index contributed by atoms with van der Waals surface area (Å²) in [5.74, 6) is 2.28. The highest BCUT2D eigenvalue weighted by atomic mass is 16.5. The van der Waals surface area contributed by atoms with E-state index in [0.29, 0.717) is 73.6 Å². The van der Waals surface area contributed by atoms with Gasteiger partial charge < -0.3 is 34.5 Å². The second-order valence-electron chi connectivity index (χ2n) is 10.9. The van der Waals surface area contributed by atoms with Crippen LogP contribution in [0.25, 0.3) is 0 Å². The number of pyridine rings is 1. The Kier molecular flexibility index (Phi) is 9.00. The van der Waals surface area contributed by atoms with Gasteiger partial charge in [-0.1, -0.05) is 0 Å². The zero-order valence-electron chi connectivity index (χ0n) is 26.1. The topological polar surface area (TPSA) is 123 Å². The SMILES string of the molecule is COc1ccc(C(=O)N2CCN(CCN3c4cc(OC)c(OC)cc4N(c4cc(C)cc(C)n4)C3C(N)=O)CC2)cc1OC. The van der Waals surface area contributed by atoms with Crippen LogP contribution in [0.5, 0.6) is 23.0 Å². The summed E-state index contributed by atoms with van der Waals surface area (Å²) in [7, 11) is 6.28. The number of methoxy groups -OCH3 is 4. The third-order valence-corrected chi connectivity index (χ3v) is 8.12. The van der Waals surface area contributed by atoms with E-state index in [0.717, 1.165) is 22.6 Å². The van der Waals surface area contributed by atoms with Crippen LogP contribution in [-0.4, -0.2) is 100 Å². The van der Waals surface area contributed by atoms with Crippen molar-refractivity contribution < 1.29 is 28.5 Å². The minimum absolute atomic E-state index is 0.0505. The Balaban J connectivity index is 1.35. The fourth-order valence-electron chi connectivity index (χ4n) is 5.97. The highest BCUT2D eigenvalue weighted by Crippen LogP contribution is 2.48. The van der Waals surface area contributed by atoms with Gasteiger partial charge in [-0.2, -0.15) is 0 Å². The summed E-state index contributed by atoms with van der Waals surface area (Å²) in [6.07, 6.45) is -0.802. The van der Waals surface area contributed by atoms with Crippen molar-refractivity contribution in [2.75, 3.05) is 77.5 Å². The van der Waals surface area contributed by atoms with Gasteiger partial charge >= 0.3 is 0 Å². The van der Waals surface area contributed by atoms with Crippen molar-refractivity contribution in [1.29, 1.82) is 0 Å². The third kappa shape index (κ3) is 5.89. The van der Waals surface area contributed by atoms with E-state index < -0.39 is 12.1 Å². The molecule has 1 aromatic heterocycles.